The number of rotatable bonds is 7. The Morgan fingerprint density at radius 1 is 1.13 bits per heavy atom. The van der Waals surface area contributed by atoms with Crippen LogP contribution < -0.4 is 5.76 Å². The Kier molecular flexibility index (Phi) is 6.15. The fourth-order valence-corrected chi connectivity index (χ4v) is 3.87. The molecule has 2 aromatic heterocycles. The van der Waals surface area contributed by atoms with E-state index in [4.69, 9.17) is 32.4 Å². The third-order valence-electron chi connectivity index (χ3n) is 4.88. The SMILES string of the molecule is Cc1nn(Cc2ccccc2Cl)c(Cl)c1C(=O)OCCCn1c(=O)oc2ccccc21. The van der Waals surface area contributed by atoms with Crippen molar-refractivity contribution in [1.29, 1.82) is 0 Å². The Morgan fingerprint density at radius 3 is 2.68 bits per heavy atom. The van der Waals surface area contributed by atoms with E-state index >= 15 is 0 Å². The predicted octanol–water partition coefficient (Wildman–Crippen LogP) is 4.70. The maximum atomic E-state index is 12.6. The number of aromatic nitrogens is 3. The number of aryl methyl sites for hydroxylation is 2. The minimum absolute atomic E-state index is 0.121. The van der Waals surface area contributed by atoms with Gasteiger partial charge in [-0.2, -0.15) is 5.10 Å². The van der Waals surface area contributed by atoms with Crippen molar-refractivity contribution in [2.24, 2.45) is 0 Å². The summed E-state index contributed by atoms with van der Waals surface area (Å²) in [7, 11) is 0. The third kappa shape index (κ3) is 4.38. The molecule has 4 rings (SSSR count). The summed E-state index contributed by atoms with van der Waals surface area (Å²) in [6.07, 6.45) is 0.444. The van der Waals surface area contributed by atoms with Gasteiger partial charge >= 0.3 is 11.7 Å². The molecule has 0 radical (unpaired) electrons. The fraction of sp³-hybridized carbons (Fsp3) is 0.227. The molecule has 0 aliphatic carbocycles. The average molecular weight is 460 g/mol. The number of carbonyl (C=O) groups is 1. The summed E-state index contributed by atoms with van der Waals surface area (Å²) < 4.78 is 13.6. The van der Waals surface area contributed by atoms with Gasteiger partial charge < -0.3 is 9.15 Å². The number of oxazole rings is 1. The number of para-hydroxylation sites is 2. The Bertz CT molecular complexity index is 1310. The Balaban J connectivity index is 1.40. The van der Waals surface area contributed by atoms with Gasteiger partial charge in [0.05, 0.1) is 24.4 Å². The van der Waals surface area contributed by atoms with Crippen molar-refractivity contribution in [2.45, 2.75) is 26.4 Å². The molecule has 0 amide bonds. The average Bonchev–Trinajstić information content (AvgIpc) is 3.21. The van der Waals surface area contributed by atoms with Crippen molar-refractivity contribution >= 4 is 40.3 Å². The van der Waals surface area contributed by atoms with Gasteiger partial charge in [-0.05, 0) is 37.1 Å². The van der Waals surface area contributed by atoms with Crippen molar-refractivity contribution in [1.82, 2.24) is 14.3 Å². The molecule has 0 unspecified atom stereocenters. The van der Waals surface area contributed by atoms with Gasteiger partial charge in [0.1, 0.15) is 10.7 Å². The molecule has 7 nitrogen and oxygen atoms in total. The number of fused-ring (bicyclic) bond motifs is 1. The molecule has 0 saturated heterocycles. The highest BCUT2D eigenvalue weighted by atomic mass is 35.5. The number of hydrogen-bond acceptors (Lipinski definition) is 5. The standard InChI is InChI=1S/C22H19Cl2N3O4/c1-14-19(20(24)27(25-14)13-15-7-2-3-8-16(15)23)21(28)30-12-6-11-26-17-9-4-5-10-18(17)31-22(26)29/h2-5,7-10H,6,11-13H2,1H3. The molecule has 0 atom stereocenters. The zero-order chi connectivity index (χ0) is 22.0. The summed E-state index contributed by atoms with van der Waals surface area (Å²) in [5.41, 5.74) is 2.77. The van der Waals surface area contributed by atoms with Crippen LogP contribution in [0.5, 0.6) is 0 Å². The van der Waals surface area contributed by atoms with Crippen molar-refractivity contribution in [3.8, 4) is 0 Å². The lowest BCUT2D eigenvalue weighted by Crippen LogP contribution is -2.16. The number of ether oxygens (including phenoxy) is 1. The molecule has 2 aromatic carbocycles. The first-order valence-corrected chi connectivity index (χ1v) is 10.4. The van der Waals surface area contributed by atoms with Crippen LogP contribution in [0.1, 0.15) is 28.0 Å². The van der Waals surface area contributed by atoms with E-state index in [0.29, 0.717) is 41.3 Å². The number of benzene rings is 2. The molecule has 0 bridgehead atoms. The van der Waals surface area contributed by atoms with E-state index < -0.39 is 11.7 Å². The number of carbonyl (C=O) groups excluding carboxylic acids is 1. The summed E-state index contributed by atoms with van der Waals surface area (Å²) in [5.74, 6) is -0.996. The van der Waals surface area contributed by atoms with E-state index in [-0.39, 0.29) is 17.3 Å². The zero-order valence-corrected chi connectivity index (χ0v) is 18.2. The van der Waals surface area contributed by atoms with Gasteiger partial charge in [0.15, 0.2) is 5.58 Å². The van der Waals surface area contributed by atoms with Crippen LogP contribution in [-0.2, 0) is 17.8 Å². The Morgan fingerprint density at radius 2 is 1.87 bits per heavy atom. The topological polar surface area (TPSA) is 79.3 Å². The first kappa shape index (κ1) is 21.2. The quantitative estimate of drug-likeness (QED) is 0.295. The summed E-state index contributed by atoms with van der Waals surface area (Å²) in [4.78, 5) is 24.6. The van der Waals surface area contributed by atoms with Gasteiger partial charge in [0, 0.05) is 11.6 Å². The summed E-state index contributed by atoms with van der Waals surface area (Å²) in [6, 6.07) is 14.5. The normalized spacial score (nSPS) is 11.2. The van der Waals surface area contributed by atoms with E-state index in [1.807, 2.05) is 30.3 Å². The van der Waals surface area contributed by atoms with E-state index in [1.165, 1.54) is 9.25 Å². The largest absolute Gasteiger partial charge is 0.462 e. The van der Waals surface area contributed by atoms with E-state index in [0.717, 1.165) is 5.56 Å². The highest BCUT2D eigenvalue weighted by molar-refractivity contribution is 6.33. The molecule has 0 saturated carbocycles. The van der Waals surface area contributed by atoms with Crippen LogP contribution in [0.3, 0.4) is 0 Å². The molecule has 0 aliphatic rings. The lowest BCUT2D eigenvalue weighted by Gasteiger charge is -2.07. The minimum Gasteiger partial charge on any atom is -0.462 e. The summed E-state index contributed by atoms with van der Waals surface area (Å²) in [5, 5.41) is 5.14. The van der Waals surface area contributed by atoms with Gasteiger partial charge in [-0.15, -0.1) is 0 Å². The van der Waals surface area contributed by atoms with Crippen LogP contribution in [0.2, 0.25) is 10.2 Å². The van der Waals surface area contributed by atoms with Crippen molar-refractivity contribution in [3.05, 3.63) is 86.1 Å². The second-order valence-corrected chi connectivity index (χ2v) is 7.74. The van der Waals surface area contributed by atoms with Crippen molar-refractivity contribution in [3.63, 3.8) is 0 Å². The molecule has 0 spiro atoms. The lowest BCUT2D eigenvalue weighted by molar-refractivity contribution is 0.0495. The summed E-state index contributed by atoms with van der Waals surface area (Å²) in [6.45, 7) is 2.52. The number of halogens is 2. The summed E-state index contributed by atoms with van der Waals surface area (Å²) >= 11 is 12.6. The maximum absolute atomic E-state index is 12.6. The zero-order valence-electron chi connectivity index (χ0n) is 16.7. The number of nitrogens with zero attached hydrogens (tertiary/aromatic N) is 3. The van der Waals surface area contributed by atoms with Crippen LogP contribution in [0.15, 0.2) is 57.7 Å². The lowest BCUT2D eigenvalue weighted by atomic mass is 10.2. The molecule has 160 valence electrons. The molecule has 9 heteroatoms. The Hall–Kier alpha value is -3.03. The first-order chi connectivity index (χ1) is 15.0. The predicted molar refractivity (Wildman–Crippen MR) is 118 cm³/mol. The number of hydrogen-bond donors (Lipinski definition) is 0. The van der Waals surface area contributed by atoms with Crippen molar-refractivity contribution < 1.29 is 13.9 Å². The van der Waals surface area contributed by atoms with E-state index in [1.54, 1.807) is 25.1 Å². The molecule has 2 heterocycles. The monoisotopic (exact) mass is 459 g/mol. The molecule has 0 fully saturated rings. The first-order valence-electron chi connectivity index (χ1n) is 9.67. The van der Waals surface area contributed by atoms with Gasteiger partial charge in [0.2, 0.25) is 0 Å². The second kappa shape index (κ2) is 8.99. The minimum atomic E-state index is -0.558. The van der Waals surface area contributed by atoms with E-state index in [9.17, 15) is 9.59 Å². The Labute approximate surface area is 187 Å². The molecule has 31 heavy (non-hydrogen) atoms. The van der Waals surface area contributed by atoms with Crippen LogP contribution in [0, 0.1) is 6.92 Å². The molecular formula is C22H19Cl2N3O4. The van der Waals surface area contributed by atoms with Crippen LogP contribution in [0.25, 0.3) is 11.1 Å². The van der Waals surface area contributed by atoms with Gasteiger partial charge in [-0.1, -0.05) is 53.5 Å². The van der Waals surface area contributed by atoms with Crippen LogP contribution >= 0.6 is 23.2 Å². The smallest absolute Gasteiger partial charge is 0.419 e. The van der Waals surface area contributed by atoms with Crippen LogP contribution in [-0.4, -0.2) is 26.9 Å². The highest BCUT2D eigenvalue weighted by Crippen LogP contribution is 2.24. The van der Waals surface area contributed by atoms with Gasteiger partial charge in [0.25, 0.3) is 0 Å². The molecule has 4 aromatic rings. The van der Waals surface area contributed by atoms with Gasteiger partial charge in [-0.3, -0.25) is 4.57 Å². The second-order valence-electron chi connectivity index (χ2n) is 6.98. The fourth-order valence-electron chi connectivity index (χ4n) is 3.36. The third-order valence-corrected chi connectivity index (χ3v) is 5.63. The van der Waals surface area contributed by atoms with Crippen molar-refractivity contribution in [2.75, 3.05) is 6.61 Å². The number of esters is 1. The molecule has 0 N–H and O–H groups in total. The molecule has 0 aliphatic heterocycles. The van der Waals surface area contributed by atoms with E-state index in [2.05, 4.69) is 5.10 Å². The maximum Gasteiger partial charge on any atom is 0.419 e. The van der Waals surface area contributed by atoms with Crippen LogP contribution in [0.4, 0.5) is 0 Å². The molecular weight excluding hydrogens is 441 g/mol. The highest BCUT2D eigenvalue weighted by Gasteiger charge is 2.22. The van der Waals surface area contributed by atoms with Gasteiger partial charge in [-0.25, -0.2) is 14.3 Å².